The Morgan fingerprint density at radius 3 is 2.03 bits per heavy atom. The maximum atomic E-state index is 13.8. The van der Waals surface area contributed by atoms with Crippen LogP contribution in [0.4, 0.5) is 4.39 Å². The van der Waals surface area contributed by atoms with Gasteiger partial charge in [-0.05, 0) is 96.1 Å². The number of fused-ring (bicyclic) bond motifs is 2. The van der Waals surface area contributed by atoms with Crippen LogP contribution in [0.1, 0.15) is 96.4 Å². The minimum absolute atomic E-state index is 0.00400. The van der Waals surface area contributed by atoms with E-state index in [1.807, 2.05) is 12.1 Å². The fraction of sp³-hybridized carbons (Fsp3) is 0.600. The van der Waals surface area contributed by atoms with E-state index in [4.69, 9.17) is 11.6 Å². The highest BCUT2D eigenvalue weighted by Crippen LogP contribution is 2.51. The summed E-state index contributed by atoms with van der Waals surface area (Å²) in [4.78, 5) is 0. The van der Waals surface area contributed by atoms with Crippen molar-refractivity contribution in [3.05, 3.63) is 69.5 Å². The van der Waals surface area contributed by atoms with Crippen LogP contribution in [-0.2, 0) is 23.7 Å². The highest BCUT2D eigenvalue weighted by Gasteiger charge is 2.44. The third-order valence-corrected chi connectivity index (χ3v) is 9.26. The van der Waals surface area contributed by atoms with E-state index in [1.165, 1.54) is 29.5 Å². The number of hydrogen-bond acceptors (Lipinski definition) is 0. The third-order valence-electron chi connectivity index (χ3n) is 8.91. The fourth-order valence-corrected chi connectivity index (χ4v) is 7.22. The maximum Gasteiger partial charge on any atom is 0.126 e. The highest BCUT2D eigenvalue weighted by atomic mass is 35.5. The van der Waals surface area contributed by atoms with Gasteiger partial charge in [0.05, 0.1) is 0 Å². The van der Waals surface area contributed by atoms with Crippen LogP contribution in [0.15, 0.2) is 36.4 Å². The van der Waals surface area contributed by atoms with Gasteiger partial charge in [-0.15, -0.1) is 0 Å². The Morgan fingerprint density at radius 1 is 0.812 bits per heavy atom. The predicted molar refractivity (Wildman–Crippen MR) is 137 cm³/mol. The van der Waals surface area contributed by atoms with E-state index in [2.05, 4.69) is 66.7 Å². The first-order valence-corrected chi connectivity index (χ1v) is 13.0. The lowest BCUT2D eigenvalue weighted by Gasteiger charge is -2.42. The van der Waals surface area contributed by atoms with Gasteiger partial charge in [0.1, 0.15) is 5.82 Å². The van der Waals surface area contributed by atoms with Crippen molar-refractivity contribution in [2.75, 3.05) is 0 Å². The van der Waals surface area contributed by atoms with Crippen molar-refractivity contribution in [1.29, 1.82) is 0 Å². The van der Waals surface area contributed by atoms with Crippen LogP contribution in [0, 0.1) is 23.6 Å². The minimum Gasteiger partial charge on any atom is -0.207 e. The Hall–Kier alpha value is -1.34. The summed E-state index contributed by atoms with van der Waals surface area (Å²) in [6.45, 7) is 16.1. The summed E-state index contributed by atoms with van der Waals surface area (Å²) in [6, 6.07) is 12.0. The molecule has 0 aliphatic heterocycles. The topological polar surface area (TPSA) is 0 Å². The van der Waals surface area contributed by atoms with E-state index in [0.29, 0.717) is 23.2 Å². The smallest absolute Gasteiger partial charge is 0.126 e. The van der Waals surface area contributed by atoms with Crippen molar-refractivity contribution in [2.24, 2.45) is 17.8 Å². The van der Waals surface area contributed by atoms with Crippen LogP contribution in [0.2, 0.25) is 5.02 Å². The molecule has 0 nitrogen and oxygen atoms in total. The van der Waals surface area contributed by atoms with E-state index < -0.39 is 0 Å². The number of benzene rings is 2. The van der Waals surface area contributed by atoms with Crippen LogP contribution in [-0.4, -0.2) is 0 Å². The van der Waals surface area contributed by atoms with E-state index >= 15 is 0 Å². The van der Waals surface area contributed by atoms with Crippen molar-refractivity contribution in [3.8, 4) is 0 Å². The summed E-state index contributed by atoms with van der Waals surface area (Å²) in [6.07, 6.45) is 6.75. The van der Waals surface area contributed by atoms with Gasteiger partial charge >= 0.3 is 0 Å². The summed E-state index contributed by atoms with van der Waals surface area (Å²) in [5, 5.41) is 0.959. The lowest BCUT2D eigenvalue weighted by atomic mass is 9.62. The van der Waals surface area contributed by atoms with Crippen molar-refractivity contribution >= 4 is 11.6 Å². The van der Waals surface area contributed by atoms with Crippen LogP contribution in [0.5, 0.6) is 0 Å². The van der Waals surface area contributed by atoms with E-state index in [1.54, 1.807) is 6.07 Å². The zero-order valence-electron chi connectivity index (χ0n) is 21.2. The number of halogens is 2. The first-order valence-electron chi connectivity index (χ1n) is 12.7. The molecule has 0 amide bonds. The molecule has 0 saturated heterocycles. The molecular weight excluding hydrogens is 415 g/mol. The zero-order chi connectivity index (χ0) is 23.7. The second-order valence-corrected chi connectivity index (χ2v) is 11.3. The Balaban J connectivity index is 0.000000181. The van der Waals surface area contributed by atoms with Crippen LogP contribution in [0.3, 0.4) is 0 Å². The Kier molecular flexibility index (Phi) is 7.81. The number of hydrogen-bond donors (Lipinski definition) is 0. The van der Waals surface area contributed by atoms with Gasteiger partial charge in [-0.1, -0.05) is 84.3 Å². The summed E-state index contributed by atoms with van der Waals surface area (Å²) < 4.78 is 13.8. The Bertz CT molecular complexity index is 918. The molecule has 1 atom stereocenters. The molecule has 2 aliphatic rings. The van der Waals surface area contributed by atoms with Crippen molar-refractivity contribution in [1.82, 2.24) is 0 Å². The number of rotatable bonds is 4. The zero-order valence-corrected chi connectivity index (χ0v) is 22.0. The van der Waals surface area contributed by atoms with E-state index in [9.17, 15) is 4.39 Å². The van der Waals surface area contributed by atoms with Gasteiger partial charge in [0.15, 0.2) is 0 Å². The van der Waals surface area contributed by atoms with E-state index in [-0.39, 0.29) is 11.2 Å². The second kappa shape index (κ2) is 9.88. The summed E-state index contributed by atoms with van der Waals surface area (Å²) in [7, 11) is 0. The first kappa shape index (κ1) is 25.3. The van der Waals surface area contributed by atoms with Gasteiger partial charge in [-0.3, -0.25) is 0 Å². The lowest BCUT2D eigenvalue weighted by molar-refractivity contribution is 0.218. The van der Waals surface area contributed by atoms with Gasteiger partial charge in [-0.25, -0.2) is 4.39 Å². The molecule has 2 aliphatic carbocycles. The maximum absolute atomic E-state index is 13.8. The van der Waals surface area contributed by atoms with Gasteiger partial charge < -0.3 is 0 Å². The molecule has 2 aromatic carbocycles. The molecule has 2 aromatic rings. The summed E-state index contributed by atoms with van der Waals surface area (Å²) >= 11 is 6.31. The standard InChI is InChI=1S/C15H21Cl.C15H21F/c1-10(2)15(11(3)4)9-8-12-13(15)6-5-7-14(12)16;1-4-15(11(2)3)10-6-7-12-13(15)8-5-9-14(12)16/h5-7,10-11H,8-9H2,1-4H3;5,8-9,11H,4,6-7,10H2,1-3H3. The quantitative estimate of drug-likeness (QED) is 0.429. The van der Waals surface area contributed by atoms with Gasteiger partial charge in [-0.2, -0.15) is 0 Å². The SMILES string of the molecule is CC(C)C1(C(C)C)CCc2c(Cl)cccc21.CCC1(C(C)C)CCCc2c(F)cccc21. The molecule has 0 aromatic heterocycles. The molecule has 0 fully saturated rings. The Morgan fingerprint density at radius 2 is 1.44 bits per heavy atom. The lowest BCUT2D eigenvalue weighted by Crippen LogP contribution is -2.36. The Labute approximate surface area is 201 Å². The molecule has 0 spiro atoms. The van der Waals surface area contributed by atoms with Gasteiger partial charge in [0.25, 0.3) is 0 Å². The molecule has 2 heteroatoms. The minimum atomic E-state index is -0.00400. The van der Waals surface area contributed by atoms with Crippen LogP contribution < -0.4 is 0 Å². The molecular formula is C30H42ClF. The van der Waals surface area contributed by atoms with E-state index in [0.717, 1.165) is 36.3 Å². The molecule has 1 unspecified atom stereocenters. The molecule has 0 saturated carbocycles. The molecule has 0 heterocycles. The van der Waals surface area contributed by atoms with Crippen LogP contribution >= 0.6 is 11.6 Å². The normalized spacial score (nSPS) is 21.4. The van der Waals surface area contributed by atoms with Crippen molar-refractivity contribution in [2.45, 2.75) is 97.8 Å². The monoisotopic (exact) mass is 456 g/mol. The summed E-state index contributed by atoms with van der Waals surface area (Å²) in [5.41, 5.74) is 5.69. The predicted octanol–water partition coefficient (Wildman–Crippen LogP) is 9.30. The van der Waals surface area contributed by atoms with Gasteiger partial charge in [0, 0.05) is 10.4 Å². The first-order chi connectivity index (χ1) is 15.1. The average molecular weight is 457 g/mol. The third kappa shape index (κ3) is 4.15. The fourth-order valence-electron chi connectivity index (χ4n) is 6.95. The largest absolute Gasteiger partial charge is 0.207 e. The molecule has 4 rings (SSSR count). The molecule has 0 radical (unpaired) electrons. The van der Waals surface area contributed by atoms with Crippen molar-refractivity contribution in [3.63, 3.8) is 0 Å². The van der Waals surface area contributed by atoms with Crippen LogP contribution in [0.25, 0.3) is 0 Å². The molecule has 0 bridgehead atoms. The average Bonchev–Trinajstić information content (AvgIpc) is 3.16. The second-order valence-electron chi connectivity index (χ2n) is 10.9. The van der Waals surface area contributed by atoms with Crippen molar-refractivity contribution < 1.29 is 4.39 Å². The molecule has 32 heavy (non-hydrogen) atoms. The highest BCUT2D eigenvalue weighted by molar-refractivity contribution is 6.31. The summed E-state index contributed by atoms with van der Waals surface area (Å²) in [5.74, 6) is 1.92. The molecule has 176 valence electrons. The van der Waals surface area contributed by atoms with Gasteiger partial charge in [0.2, 0.25) is 0 Å². The molecule has 0 N–H and O–H groups in total.